The number of rotatable bonds is 4. The molecule has 4 nitrogen and oxygen atoms in total. The summed E-state index contributed by atoms with van der Waals surface area (Å²) in [6.07, 6.45) is 4.60. The molecule has 5 heteroatoms. The molecule has 2 heterocycles. The predicted molar refractivity (Wildman–Crippen MR) is 63.4 cm³/mol. The molecule has 0 spiro atoms. The first-order valence-corrected chi connectivity index (χ1v) is 5.70. The number of hydrogen-bond acceptors (Lipinski definition) is 3. The van der Waals surface area contributed by atoms with Crippen molar-refractivity contribution in [2.75, 3.05) is 6.61 Å². The van der Waals surface area contributed by atoms with Crippen LogP contribution in [0, 0.1) is 5.92 Å². The zero-order valence-electron chi connectivity index (χ0n) is 9.10. The number of fused-ring (bicyclic) bond motifs is 1. The maximum Gasteiger partial charge on any atom is 0.224 e. The molecule has 0 saturated heterocycles. The third kappa shape index (κ3) is 2.18. The van der Waals surface area contributed by atoms with Gasteiger partial charge in [0.05, 0.1) is 0 Å². The first-order valence-electron chi connectivity index (χ1n) is 5.32. The zero-order chi connectivity index (χ0) is 11.5. The Morgan fingerprint density at radius 1 is 1.56 bits per heavy atom. The fourth-order valence-electron chi connectivity index (χ4n) is 1.69. The lowest BCUT2D eigenvalue weighted by molar-refractivity contribution is 0.208. The van der Waals surface area contributed by atoms with Crippen LogP contribution >= 0.6 is 11.6 Å². The van der Waals surface area contributed by atoms with Gasteiger partial charge in [0, 0.05) is 30.9 Å². The van der Waals surface area contributed by atoms with E-state index in [0.717, 1.165) is 24.0 Å². The molecule has 0 amide bonds. The van der Waals surface area contributed by atoms with Crippen molar-refractivity contribution in [1.82, 2.24) is 14.5 Å². The highest BCUT2D eigenvalue weighted by Crippen LogP contribution is 2.16. The number of aliphatic hydroxyl groups is 1. The fraction of sp³-hybridized carbons (Fsp3) is 0.455. The van der Waals surface area contributed by atoms with Gasteiger partial charge in [-0.1, -0.05) is 6.92 Å². The van der Waals surface area contributed by atoms with Gasteiger partial charge >= 0.3 is 0 Å². The van der Waals surface area contributed by atoms with Crippen molar-refractivity contribution in [1.29, 1.82) is 0 Å². The second-order valence-electron chi connectivity index (χ2n) is 3.84. The lowest BCUT2D eigenvalue weighted by Gasteiger charge is -2.12. The van der Waals surface area contributed by atoms with Crippen LogP contribution in [0.25, 0.3) is 11.0 Å². The second kappa shape index (κ2) is 4.80. The minimum atomic E-state index is 0.189. The van der Waals surface area contributed by atoms with Gasteiger partial charge < -0.3 is 9.67 Å². The van der Waals surface area contributed by atoms with E-state index in [1.165, 1.54) is 0 Å². The van der Waals surface area contributed by atoms with Crippen molar-refractivity contribution in [3.05, 3.63) is 23.7 Å². The molecule has 2 aromatic rings. The molecule has 2 rings (SSSR count). The Kier molecular flexibility index (Phi) is 3.41. The number of halogens is 1. The smallest absolute Gasteiger partial charge is 0.224 e. The standard InChI is InChI=1S/C11H14ClN3O/c1-2-8(7-16)6-15-4-3-9-5-13-11(12)14-10(9)15/h3-5,8,16H,2,6-7H2,1H3/t8-/m0/s1. The molecule has 0 aliphatic rings. The molecule has 1 N–H and O–H groups in total. The summed E-state index contributed by atoms with van der Waals surface area (Å²) < 4.78 is 2.01. The van der Waals surface area contributed by atoms with Gasteiger partial charge in [-0.15, -0.1) is 0 Å². The topological polar surface area (TPSA) is 50.9 Å². The van der Waals surface area contributed by atoms with Crippen molar-refractivity contribution in [3.8, 4) is 0 Å². The van der Waals surface area contributed by atoms with E-state index < -0.39 is 0 Å². The maximum atomic E-state index is 9.18. The Bertz CT molecular complexity index is 479. The normalized spacial score (nSPS) is 13.2. The molecule has 0 fully saturated rings. The number of aliphatic hydroxyl groups excluding tert-OH is 1. The first-order chi connectivity index (χ1) is 7.74. The lowest BCUT2D eigenvalue weighted by atomic mass is 10.1. The highest BCUT2D eigenvalue weighted by Gasteiger charge is 2.09. The highest BCUT2D eigenvalue weighted by atomic mass is 35.5. The van der Waals surface area contributed by atoms with Crippen molar-refractivity contribution in [2.24, 2.45) is 5.92 Å². The van der Waals surface area contributed by atoms with Gasteiger partial charge in [0.25, 0.3) is 0 Å². The number of aromatic nitrogens is 3. The third-order valence-corrected chi connectivity index (χ3v) is 2.95. The molecular formula is C11H14ClN3O. The van der Waals surface area contributed by atoms with E-state index in [1.807, 2.05) is 16.8 Å². The first kappa shape index (κ1) is 11.4. The van der Waals surface area contributed by atoms with Crippen LogP contribution in [-0.2, 0) is 6.54 Å². The van der Waals surface area contributed by atoms with E-state index >= 15 is 0 Å². The molecule has 0 aliphatic heterocycles. The summed E-state index contributed by atoms with van der Waals surface area (Å²) in [6, 6.07) is 1.95. The van der Waals surface area contributed by atoms with Crippen LogP contribution in [0.15, 0.2) is 18.5 Å². The average Bonchev–Trinajstić information content (AvgIpc) is 2.68. The third-order valence-electron chi connectivity index (χ3n) is 2.76. The predicted octanol–water partition coefficient (Wildman–Crippen LogP) is 2.10. The van der Waals surface area contributed by atoms with Crippen molar-refractivity contribution in [2.45, 2.75) is 19.9 Å². The maximum absolute atomic E-state index is 9.18. The van der Waals surface area contributed by atoms with Crippen LogP contribution in [0.5, 0.6) is 0 Å². The van der Waals surface area contributed by atoms with Crippen LogP contribution in [0.4, 0.5) is 0 Å². The van der Waals surface area contributed by atoms with Gasteiger partial charge in [-0.3, -0.25) is 0 Å². The van der Waals surface area contributed by atoms with E-state index in [0.29, 0.717) is 0 Å². The van der Waals surface area contributed by atoms with Crippen molar-refractivity contribution < 1.29 is 5.11 Å². The van der Waals surface area contributed by atoms with Crippen LogP contribution in [0.1, 0.15) is 13.3 Å². The summed E-state index contributed by atoms with van der Waals surface area (Å²) in [5.41, 5.74) is 0.826. The van der Waals surface area contributed by atoms with Crippen LogP contribution in [0.2, 0.25) is 5.28 Å². The summed E-state index contributed by atoms with van der Waals surface area (Å²) in [7, 11) is 0. The van der Waals surface area contributed by atoms with Gasteiger partial charge in [0.15, 0.2) is 0 Å². The molecule has 0 saturated carbocycles. The Balaban J connectivity index is 2.33. The van der Waals surface area contributed by atoms with Gasteiger partial charge in [0.2, 0.25) is 5.28 Å². The molecule has 86 valence electrons. The van der Waals surface area contributed by atoms with E-state index in [2.05, 4.69) is 16.9 Å². The Hall–Kier alpha value is -1.13. The number of nitrogens with zero attached hydrogens (tertiary/aromatic N) is 3. The second-order valence-corrected chi connectivity index (χ2v) is 4.18. The highest BCUT2D eigenvalue weighted by molar-refractivity contribution is 6.28. The summed E-state index contributed by atoms with van der Waals surface area (Å²) in [5.74, 6) is 0.254. The molecule has 0 aliphatic carbocycles. The molecule has 2 aromatic heterocycles. The summed E-state index contributed by atoms with van der Waals surface area (Å²) in [5, 5.41) is 10.4. The summed E-state index contributed by atoms with van der Waals surface area (Å²) >= 11 is 5.77. The Labute approximate surface area is 98.9 Å². The quantitative estimate of drug-likeness (QED) is 0.832. The minimum absolute atomic E-state index is 0.189. The van der Waals surface area contributed by atoms with Crippen LogP contribution in [0.3, 0.4) is 0 Å². The zero-order valence-corrected chi connectivity index (χ0v) is 9.85. The molecule has 0 bridgehead atoms. The largest absolute Gasteiger partial charge is 0.396 e. The molecule has 16 heavy (non-hydrogen) atoms. The monoisotopic (exact) mass is 239 g/mol. The lowest BCUT2D eigenvalue weighted by Crippen LogP contribution is -2.13. The van der Waals surface area contributed by atoms with Gasteiger partial charge in [-0.25, -0.2) is 4.98 Å². The summed E-state index contributed by atoms with van der Waals surface area (Å²) in [6.45, 7) is 3.01. The molecule has 0 radical (unpaired) electrons. The van der Waals surface area contributed by atoms with Crippen LogP contribution < -0.4 is 0 Å². The van der Waals surface area contributed by atoms with E-state index in [4.69, 9.17) is 11.6 Å². The Morgan fingerprint density at radius 2 is 2.38 bits per heavy atom. The van der Waals surface area contributed by atoms with E-state index in [9.17, 15) is 5.11 Å². The summed E-state index contributed by atoms with van der Waals surface area (Å²) in [4.78, 5) is 8.12. The SMILES string of the molecule is CC[C@H](CO)Cn1ccc2cnc(Cl)nc21. The van der Waals surface area contributed by atoms with Crippen molar-refractivity contribution >= 4 is 22.6 Å². The molecule has 0 unspecified atom stereocenters. The van der Waals surface area contributed by atoms with Crippen LogP contribution in [-0.4, -0.2) is 26.2 Å². The Morgan fingerprint density at radius 3 is 3.06 bits per heavy atom. The van der Waals surface area contributed by atoms with Gasteiger partial charge in [0.1, 0.15) is 5.65 Å². The average molecular weight is 240 g/mol. The van der Waals surface area contributed by atoms with E-state index in [1.54, 1.807) is 6.20 Å². The van der Waals surface area contributed by atoms with Gasteiger partial charge in [-0.2, -0.15) is 4.98 Å². The minimum Gasteiger partial charge on any atom is -0.396 e. The number of hydrogen-bond donors (Lipinski definition) is 1. The van der Waals surface area contributed by atoms with Crippen molar-refractivity contribution in [3.63, 3.8) is 0 Å². The molecule has 0 aromatic carbocycles. The van der Waals surface area contributed by atoms with E-state index in [-0.39, 0.29) is 17.8 Å². The van der Waals surface area contributed by atoms with Gasteiger partial charge in [-0.05, 0) is 30.0 Å². The molecular weight excluding hydrogens is 226 g/mol. The fourth-order valence-corrected chi connectivity index (χ4v) is 1.82. The molecule has 1 atom stereocenters.